The summed E-state index contributed by atoms with van der Waals surface area (Å²) in [5.41, 5.74) is 0.951. The summed E-state index contributed by atoms with van der Waals surface area (Å²) in [6, 6.07) is 15.6. The van der Waals surface area contributed by atoms with Gasteiger partial charge in [-0.3, -0.25) is 4.18 Å². The van der Waals surface area contributed by atoms with Crippen LogP contribution in [-0.4, -0.2) is 51.8 Å². The maximum atomic E-state index is 12.2. The number of cyclic esters (lactones) is 1. The molecule has 0 N–H and O–H groups in total. The molecule has 0 radical (unpaired) electrons. The third kappa shape index (κ3) is 5.21. The molecule has 7 nitrogen and oxygen atoms in total. The maximum absolute atomic E-state index is 12.2. The van der Waals surface area contributed by atoms with Gasteiger partial charge in [-0.1, -0.05) is 35.9 Å². The van der Waals surface area contributed by atoms with Crippen molar-refractivity contribution in [2.75, 3.05) is 26.3 Å². The second-order valence-electron chi connectivity index (χ2n) is 6.16. The first kappa shape index (κ1) is 19.2. The van der Waals surface area contributed by atoms with Gasteiger partial charge in [-0.25, -0.2) is 4.79 Å². The van der Waals surface area contributed by atoms with Gasteiger partial charge in [0.1, 0.15) is 25.1 Å². The van der Waals surface area contributed by atoms with E-state index >= 15 is 0 Å². The van der Waals surface area contributed by atoms with Crippen molar-refractivity contribution in [3.63, 3.8) is 0 Å². The second kappa shape index (κ2) is 8.41. The van der Waals surface area contributed by atoms with E-state index in [1.807, 2.05) is 37.3 Å². The Morgan fingerprint density at radius 3 is 2.52 bits per heavy atom. The van der Waals surface area contributed by atoms with Gasteiger partial charge in [-0.05, 0) is 31.2 Å². The van der Waals surface area contributed by atoms with Crippen LogP contribution in [-0.2, 0) is 19.0 Å². The predicted molar refractivity (Wildman–Crippen MR) is 98.1 cm³/mol. The third-order valence-electron chi connectivity index (χ3n) is 4.04. The van der Waals surface area contributed by atoms with Crippen molar-refractivity contribution in [3.05, 3.63) is 60.2 Å². The van der Waals surface area contributed by atoms with Crippen LogP contribution in [0.4, 0.5) is 4.79 Å². The summed E-state index contributed by atoms with van der Waals surface area (Å²) in [4.78, 5) is 13.4. The minimum Gasteiger partial charge on any atom is -0.492 e. The number of hydrogen-bond donors (Lipinski definition) is 0. The first-order chi connectivity index (χ1) is 12.9. The van der Waals surface area contributed by atoms with E-state index in [1.54, 1.807) is 12.1 Å². The summed E-state index contributed by atoms with van der Waals surface area (Å²) in [7, 11) is -3.89. The Morgan fingerprint density at radius 1 is 1.11 bits per heavy atom. The van der Waals surface area contributed by atoms with Gasteiger partial charge in [0, 0.05) is 0 Å². The maximum Gasteiger partial charge on any atom is 0.410 e. The molecule has 3 rings (SSSR count). The Morgan fingerprint density at radius 2 is 1.81 bits per heavy atom. The number of amides is 1. The smallest absolute Gasteiger partial charge is 0.410 e. The average molecular weight is 391 g/mol. The molecule has 1 atom stereocenters. The van der Waals surface area contributed by atoms with Gasteiger partial charge in [-0.2, -0.15) is 8.42 Å². The lowest BCUT2D eigenvalue weighted by atomic mass is 10.2. The zero-order valence-corrected chi connectivity index (χ0v) is 15.7. The van der Waals surface area contributed by atoms with E-state index in [0.717, 1.165) is 5.56 Å². The summed E-state index contributed by atoms with van der Waals surface area (Å²) < 4.78 is 40.2. The molecule has 2 aromatic carbocycles. The van der Waals surface area contributed by atoms with Crippen LogP contribution >= 0.6 is 0 Å². The molecule has 2 aromatic rings. The van der Waals surface area contributed by atoms with E-state index in [0.29, 0.717) is 18.9 Å². The van der Waals surface area contributed by atoms with Crippen molar-refractivity contribution in [3.8, 4) is 5.75 Å². The fourth-order valence-electron chi connectivity index (χ4n) is 2.57. The molecule has 1 fully saturated rings. The van der Waals surface area contributed by atoms with Crippen molar-refractivity contribution in [1.29, 1.82) is 0 Å². The number of ether oxygens (including phenoxy) is 2. The lowest BCUT2D eigenvalue weighted by Gasteiger charge is -2.13. The summed E-state index contributed by atoms with van der Waals surface area (Å²) in [5, 5.41) is 0. The van der Waals surface area contributed by atoms with Crippen molar-refractivity contribution < 1.29 is 26.9 Å². The van der Waals surface area contributed by atoms with E-state index in [-0.39, 0.29) is 18.0 Å². The van der Waals surface area contributed by atoms with E-state index in [1.165, 1.54) is 17.0 Å². The number of carbonyl (C=O) groups excluding carboxylic acids is 1. The fourth-order valence-corrected chi connectivity index (χ4v) is 3.51. The molecule has 1 heterocycles. The highest BCUT2D eigenvalue weighted by atomic mass is 32.2. The summed E-state index contributed by atoms with van der Waals surface area (Å²) in [5.74, 6) is 0.717. The summed E-state index contributed by atoms with van der Waals surface area (Å²) in [6.45, 7) is 2.55. The molecule has 8 heteroatoms. The van der Waals surface area contributed by atoms with Crippen LogP contribution in [0.2, 0.25) is 0 Å². The molecule has 0 bridgehead atoms. The standard InChI is InChI=1S/C19H21NO6S/c1-15-7-9-18(10-8-15)27(22,23)25-14-17-13-20(19(21)26-17)11-12-24-16-5-3-2-4-6-16/h2-10,17H,11-14H2,1H3. The van der Waals surface area contributed by atoms with Crippen LogP contribution in [0.25, 0.3) is 0 Å². The first-order valence-corrected chi connectivity index (χ1v) is 9.94. The third-order valence-corrected chi connectivity index (χ3v) is 5.34. The molecule has 0 aromatic heterocycles. The summed E-state index contributed by atoms with van der Waals surface area (Å²) >= 11 is 0. The number of para-hydroxylation sites is 1. The minimum absolute atomic E-state index is 0.0746. The Balaban J connectivity index is 1.46. The fraction of sp³-hybridized carbons (Fsp3) is 0.316. The van der Waals surface area contributed by atoms with Crippen LogP contribution in [0, 0.1) is 6.92 Å². The largest absolute Gasteiger partial charge is 0.492 e. The van der Waals surface area contributed by atoms with Gasteiger partial charge in [0.15, 0.2) is 0 Å². The highest BCUT2D eigenvalue weighted by Crippen LogP contribution is 2.17. The average Bonchev–Trinajstić information content (AvgIpc) is 3.01. The van der Waals surface area contributed by atoms with Crippen LogP contribution in [0.15, 0.2) is 59.5 Å². The van der Waals surface area contributed by atoms with E-state index in [4.69, 9.17) is 13.7 Å². The zero-order chi connectivity index (χ0) is 19.3. The van der Waals surface area contributed by atoms with E-state index in [2.05, 4.69) is 0 Å². The van der Waals surface area contributed by atoms with Crippen LogP contribution in [0.1, 0.15) is 5.56 Å². The molecule has 1 unspecified atom stereocenters. The molecule has 1 saturated heterocycles. The van der Waals surface area contributed by atoms with Gasteiger partial charge in [0.2, 0.25) is 0 Å². The molecular formula is C19H21NO6S. The summed E-state index contributed by atoms with van der Waals surface area (Å²) in [6.07, 6.45) is -1.15. The Labute approximate surface area is 158 Å². The lowest BCUT2D eigenvalue weighted by Crippen LogP contribution is -2.30. The zero-order valence-electron chi connectivity index (χ0n) is 14.9. The minimum atomic E-state index is -3.89. The van der Waals surface area contributed by atoms with Gasteiger partial charge in [0.25, 0.3) is 10.1 Å². The SMILES string of the molecule is Cc1ccc(S(=O)(=O)OCC2CN(CCOc3ccccc3)C(=O)O2)cc1. The normalized spacial score (nSPS) is 17.0. The van der Waals surface area contributed by atoms with Crippen LogP contribution < -0.4 is 4.74 Å². The van der Waals surface area contributed by atoms with Gasteiger partial charge >= 0.3 is 6.09 Å². The number of hydrogen-bond acceptors (Lipinski definition) is 6. The molecule has 27 heavy (non-hydrogen) atoms. The van der Waals surface area contributed by atoms with Crippen LogP contribution in [0.5, 0.6) is 5.75 Å². The van der Waals surface area contributed by atoms with Crippen molar-refractivity contribution >= 4 is 16.2 Å². The Bertz CT molecular complexity index is 867. The second-order valence-corrected chi connectivity index (χ2v) is 7.78. The lowest BCUT2D eigenvalue weighted by molar-refractivity contribution is 0.104. The van der Waals surface area contributed by atoms with Crippen LogP contribution in [0.3, 0.4) is 0 Å². The molecule has 0 saturated carbocycles. The quantitative estimate of drug-likeness (QED) is 0.644. The predicted octanol–water partition coefficient (Wildman–Crippen LogP) is 2.60. The number of nitrogens with zero attached hydrogens (tertiary/aromatic N) is 1. The molecular weight excluding hydrogens is 370 g/mol. The molecule has 0 spiro atoms. The van der Waals surface area contributed by atoms with Crippen molar-refractivity contribution in [2.45, 2.75) is 17.9 Å². The molecule has 1 amide bonds. The number of rotatable bonds is 8. The highest BCUT2D eigenvalue weighted by Gasteiger charge is 2.32. The molecule has 144 valence electrons. The number of aryl methyl sites for hydroxylation is 1. The van der Waals surface area contributed by atoms with Gasteiger partial charge in [0.05, 0.1) is 18.0 Å². The number of benzene rings is 2. The molecule has 1 aliphatic rings. The van der Waals surface area contributed by atoms with Crippen molar-refractivity contribution in [1.82, 2.24) is 4.90 Å². The first-order valence-electron chi connectivity index (χ1n) is 8.53. The van der Waals surface area contributed by atoms with Gasteiger partial charge < -0.3 is 14.4 Å². The van der Waals surface area contributed by atoms with E-state index < -0.39 is 22.3 Å². The highest BCUT2D eigenvalue weighted by molar-refractivity contribution is 7.86. The van der Waals surface area contributed by atoms with Crippen molar-refractivity contribution in [2.24, 2.45) is 0 Å². The topological polar surface area (TPSA) is 82.1 Å². The van der Waals surface area contributed by atoms with Gasteiger partial charge in [-0.15, -0.1) is 0 Å². The monoisotopic (exact) mass is 391 g/mol. The molecule has 1 aliphatic heterocycles. The van der Waals surface area contributed by atoms with E-state index in [9.17, 15) is 13.2 Å². The Hall–Kier alpha value is -2.58. The number of carbonyl (C=O) groups is 1. The Kier molecular flexibility index (Phi) is 5.98. The molecule has 0 aliphatic carbocycles.